The van der Waals surface area contributed by atoms with E-state index in [-0.39, 0.29) is 10.5 Å². The number of hydrogen-bond donors (Lipinski definition) is 0. The van der Waals surface area contributed by atoms with E-state index in [1.165, 1.54) is 11.1 Å². The third-order valence-electron chi connectivity index (χ3n) is 7.84. The van der Waals surface area contributed by atoms with E-state index in [9.17, 15) is 0 Å². The fourth-order valence-corrected chi connectivity index (χ4v) is 5.70. The second-order valence-electron chi connectivity index (χ2n) is 11.0. The van der Waals surface area contributed by atoms with Crippen LogP contribution in [0.2, 0.25) is 18.1 Å². The molecule has 0 spiro atoms. The predicted octanol–water partition coefficient (Wildman–Crippen LogP) is 8.12. The van der Waals surface area contributed by atoms with Gasteiger partial charge in [0.2, 0.25) is 0 Å². The summed E-state index contributed by atoms with van der Waals surface area (Å²) in [5.41, 5.74) is 1.88. The van der Waals surface area contributed by atoms with Crippen molar-refractivity contribution in [3.8, 4) is 0 Å². The fourth-order valence-electron chi connectivity index (χ4n) is 4.65. The normalized spacial score (nSPS) is 23.4. The first-order valence-corrected chi connectivity index (χ1v) is 15.2. The average Bonchev–Trinajstić information content (AvgIpc) is 2.79. The molecule has 2 atom stereocenters. The molecule has 33 heavy (non-hydrogen) atoms. The largest absolute Gasteiger partial charge is 0.417 e. The van der Waals surface area contributed by atoms with Crippen molar-refractivity contribution in [2.45, 2.75) is 76.8 Å². The molecule has 0 N–H and O–H groups in total. The fraction of sp³-hybridized carbons (Fsp3) is 0.467. The Morgan fingerprint density at radius 3 is 2.15 bits per heavy atom. The van der Waals surface area contributed by atoms with Gasteiger partial charge in [0.05, 0.1) is 6.61 Å². The summed E-state index contributed by atoms with van der Waals surface area (Å²) >= 11 is 0. The standard InChI is InChI=1S/C30H42O2Si/c1-7-30(31-25-27-18-12-9-13-19-27)21-15-14-20-29(30,24-26-16-10-8-11-17-26)22-23-32-33(5,6)28(2,3)4/h7-13,15-19,21H,1,14,20,22-25H2,2-6H3/t29-,30-/m1/s1. The van der Waals surface area contributed by atoms with E-state index < -0.39 is 13.9 Å². The van der Waals surface area contributed by atoms with Gasteiger partial charge in [-0.1, -0.05) is 106 Å². The lowest BCUT2D eigenvalue weighted by Crippen LogP contribution is -2.52. The summed E-state index contributed by atoms with van der Waals surface area (Å²) in [5, 5.41) is 0.200. The molecule has 178 valence electrons. The summed E-state index contributed by atoms with van der Waals surface area (Å²) in [4.78, 5) is 0. The summed E-state index contributed by atoms with van der Waals surface area (Å²) in [6.07, 6.45) is 10.6. The lowest BCUT2D eigenvalue weighted by molar-refractivity contribution is -0.0948. The molecule has 3 rings (SSSR count). The van der Waals surface area contributed by atoms with Crippen LogP contribution >= 0.6 is 0 Å². The van der Waals surface area contributed by atoms with Gasteiger partial charge >= 0.3 is 0 Å². The molecular formula is C30H42O2Si. The number of allylic oxidation sites excluding steroid dienone is 1. The smallest absolute Gasteiger partial charge is 0.191 e. The minimum Gasteiger partial charge on any atom is -0.417 e. The van der Waals surface area contributed by atoms with E-state index in [1.54, 1.807) is 0 Å². The summed E-state index contributed by atoms with van der Waals surface area (Å²) in [5.74, 6) is 0. The lowest BCUT2D eigenvalue weighted by Gasteiger charge is -2.50. The molecule has 0 unspecified atom stereocenters. The van der Waals surface area contributed by atoms with E-state index in [2.05, 4.69) is 107 Å². The Labute approximate surface area is 202 Å². The average molecular weight is 463 g/mol. The van der Waals surface area contributed by atoms with Gasteiger partial charge in [0.1, 0.15) is 5.60 Å². The topological polar surface area (TPSA) is 18.5 Å². The molecule has 0 aromatic heterocycles. The van der Waals surface area contributed by atoms with Crippen molar-refractivity contribution in [2.75, 3.05) is 6.61 Å². The second-order valence-corrected chi connectivity index (χ2v) is 15.8. The molecule has 0 radical (unpaired) electrons. The molecule has 0 bridgehead atoms. The number of ether oxygens (including phenoxy) is 1. The summed E-state index contributed by atoms with van der Waals surface area (Å²) < 4.78 is 13.5. The van der Waals surface area contributed by atoms with Crippen LogP contribution in [0.1, 0.15) is 51.2 Å². The molecule has 1 aliphatic rings. The van der Waals surface area contributed by atoms with Crippen molar-refractivity contribution >= 4 is 8.32 Å². The van der Waals surface area contributed by atoms with Gasteiger partial charge in [-0.2, -0.15) is 0 Å². The van der Waals surface area contributed by atoms with Gasteiger partial charge in [0.25, 0.3) is 0 Å². The van der Waals surface area contributed by atoms with Crippen LogP contribution in [0.3, 0.4) is 0 Å². The predicted molar refractivity (Wildman–Crippen MR) is 143 cm³/mol. The van der Waals surface area contributed by atoms with Crippen molar-refractivity contribution in [3.05, 3.63) is 96.6 Å². The lowest BCUT2D eigenvalue weighted by atomic mass is 9.61. The number of benzene rings is 2. The Morgan fingerprint density at radius 2 is 1.58 bits per heavy atom. The van der Waals surface area contributed by atoms with Crippen LogP contribution < -0.4 is 0 Å². The van der Waals surface area contributed by atoms with E-state index in [4.69, 9.17) is 9.16 Å². The molecule has 0 heterocycles. The highest BCUT2D eigenvalue weighted by Gasteiger charge is 2.50. The van der Waals surface area contributed by atoms with E-state index in [1.807, 2.05) is 12.1 Å². The van der Waals surface area contributed by atoms with Crippen LogP contribution in [0.4, 0.5) is 0 Å². The van der Waals surface area contributed by atoms with Crippen molar-refractivity contribution < 1.29 is 9.16 Å². The molecular weight excluding hydrogens is 420 g/mol. The monoisotopic (exact) mass is 462 g/mol. The van der Waals surface area contributed by atoms with Crippen LogP contribution in [0.5, 0.6) is 0 Å². The molecule has 0 aliphatic heterocycles. The van der Waals surface area contributed by atoms with E-state index in [0.717, 1.165) is 32.3 Å². The maximum Gasteiger partial charge on any atom is 0.191 e. The Bertz CT molecular complexity index is 913. The van der Waals surface area contributed by atoms with Crippen molar-refractivity contribution in [1.82, 2.24) is 0 Å². The van der Waals surface area contributed by atoms with E-state index >= 15 is 0 Å². The molecule has 0 amide bonds. The maximum atomic E-state index is 6.79. The maximum absolute atomic E-state index is 6.79. The first-order chi connectivity index (χ1) is 15.6. The molecule has 2 aromatic carbocycles. The Morgan fingerprint density at radius 1 is 0.970 bits per heavy atom. The van der Waals surface area contributed by atoms with Crippen LogP contribution in [0.25, 0.3) is 0 Å². The van der Waals surface area contributed by atoms with Crippen LogP contribution in [-0.4, -0.2) is 20.5 Å². The van der Waals surface area contributed by atoms with Gasteiger partial charge in [-0.3, -0.25) is 0 Å². The second kappa shape index (κ2) is 10.5. The van der Waals surface area contributed by atoms with Gasteiger partial charge in [-0.25, -0.2) is 0 Å². The zero-order valence-electron chi connectivity index (χ0n) is 21.3. The summed E-state index contributed by atoms with van der Waals surface area (Å²) in [7, 11) is -1.83. The third kappa shape index (κ3) is 5.95. The third-order valence-corrected chi connectivity index (χ3v) is 12.4. The van der Waals surface area contributed by atoms with Gasteiger partial charge in [-0.05, 0) is 54.9 Å². The van der Waals surface area contributed by atoms with Crippen LogP contribution in [0.15, 0.2) is 85.5 Å². The van der Waals surface area contributed by atoms with Crippen LogP contribution in [-0.2, 0) is 22.2 Å². The molecule has 1 aliphatic carbocycles. The Balaban J connectivity index is 1.92. The Hall–Kier alpha value is -1.94. The van der Waals surface area contributed by atoms with Gasteiger partial charge in [0, 0.05) is 12.0 Å². The highest BCUT2D eigenvalue weighted by Crippen LogP contribution is 2.50. The SMILES string of the molecule is C=C[C@@]1(OCc2ccccc2)C=CCC[C@@]1(CCO[Si](C)(C)C(C)(C)C)Cc1ccccc1. The highest BCUT2D eigenvalue weighted by molar-refractivity contribution is 6.74. The minimum atomic E-state index is -1.83. The van der Waals surface area contributed by atoms with Gasteiger partial charge < -0.3 is 9.16 Å². The zero-order chi connectivity index (χ0) is 24.0. The first kappa shape index (κ1) is 25.7. The van der Waals surface area contributed by atoms with Gasteiger partial charge in [0.15, 0.2) is 8.32 Å². The van der Waals surface area contributed by atoms with Crippen molar-refractivity contribution in [1.29, 1.82) is 0 Å². The molecule has 0 saturated carbocycles. The van der Waals surface area contributed by atoms with Crippen LogP contribution in [0, 0.1) is 5.41 Å². The van der Waals surface area contributed by atoms with E-state index in [0.29, 0.717) is 6.61 Å². The zero-order valence-corrected chi connectivity index (χ0v) is 22.3. The van der Waals surface area contributed by atoms with Crippen molar-refractivity contribution in [3.63, 3.8) is 0 Å². The summed E-state index contributed by atoms with van der Waals surface area (Å²) in [6, 6.07) is 21.3. The highest BCUT2D eigenvalue weighted by atomic mass is 28.4. The van der Waals surface area contributed by atoms with Gasteiger partial charge in [-0.15, -0.1) is 0 Å². The molecule has 0 fully saturated rings. The molecule has 3 heteroatoms. The quantitative estimate of drug-likeness (QED) is 0.262. The molecule has 2 nitrogen and oxygen atoms in total. The molecule has 0 saturated heterocycles. The number of rotatable bonds is 10. The van der Waals surface area contributed by atoms with Crippen molar-refractivity contribution in [2.24, 2.45) is 5.41 Å². The summed E-state index contributed by atoms with van der Waals surface area (Å²) in [6.45, 7) is 17.2. The number of hydrogen-bond acceptors (Lipinski definition) is 2. The minimum absolute atomic E-state index is 0.109. The molecule has 2 aromatic rings. The first-order valence-electron chi connectivity index (χ1n) is 12.3. The Kier molecular flexibility index (Phi) is 8.20.